The fourth-order valence-electron chi connectivity index (χ4n) is 1.77. The van der Waals surface area contributed by atoms with Crippen LogP contribution in [-0.4, -0.2) is 32.6 Å². The third-order valence-corrected chi connectivity index (χ3v) is 3.68. The van der Waals surface area contributed by atoms with E-state index >= 15 is 0 Å². The van der Waals surface area contributed by atoms with Gasteiger partial charge in [0.2, 0.25) is 5.82 Å². The van der Waals surface area contributed by atoms with Crippen LogP contribution in [0, 0.1) is 6.92 Å². The maximum atomic E-state index is 11.8. The van der Waals surface area contributed by atoms with E-state index in [-0.39, 0.29) is 5.91 Å². The molecule has 0 saturated heterocycles. The zero-order valence-corrected chi connectivity index (χ0v) is 12.1. The molecular formula is C13H13N5O2S. The van der Waals surface area contributed by atoms with Crippen molar-refractivity contribution in [1.29, 1.82) is 0 Å². The highest BCUT2D eigenvalue weighted by Crippen LogP contribution is 2.14. The third kappa shape index (κ3) is 3.16. The standard InChI is InChI=1S/C13H13N5O2S/c1-8-15-7-10(21-8)13(19)14-5-4-11-16-12(18-17-11)9-3-2-6-20-9/h2-3,6-7H,4-5H2,1H3,(H,14,19)(H,16,17,18). The molecule has 0 unspecified atom stereocenters. The first kappa shape index (κ1) is 13.5. The normalized spacial score (nSPS) is 10.7. The van der Waals surface area contributed by atoms with E-state index in [0.29, 0.717) is 35.3 Å². The van der Waals surface area contributed by atoms with E-state index in [2.05, 4.69) is 25.5 Å². The van der Waals surface area contributed by atoms with Crippen molar-refractivity contribution in [2.24, 2.45) is 0 Å². The summed E-state index contributed by atoms with van der Waals surface area (Å²) in [5.41, 5.74) is 0. The van der Waals surface area contributed by atoms with Gasteiger partial charge in [0.25, 0.3) is 5.91 Å². The van der Waals surface area contributed by atoms with Crippen LogP contribution >= 0.6 is 11.3 Å². The molecule has 8 heteroatoms. The molecule has 0 aliphatic heterocycles. The second-order valence-corrected chi connectivity index (χ2v) is 5.57. The van der Waals surface area contributed by atoms with Crippen LogP contribution in [-0.2, 0) is 6.42 Å². The number of aromatic nitrogens is 4. The number of rotatable bonds is 5. The van der Waals surface area contributed by atoms with Crippen LogP contribution in [0.2, 0.25) is 0 Å². The summed E-state index contributed by atoms with van der Waals surface area (Å²) < 4.78 is 5.22. The Bertz CT molecular complexity index is 731. The van der Waals surface area contributed by atoms with Gasteiger partial charge in [-0.25, -0.2) is 9.97 Å². The fourth-order valence-corrected chi connectivity index (χ4v) is 2.46. The molecule has 0 saturated carbocycles. The van der Waals surface area contributed by atoms with E-state index in [9.17, 15) is 4.79 Å². The highest BCUT2D eigenvalue weighted by atomic mass is 32.1. The monoisotopic (exact) mass is 303 g/mol. The van der Waals surface area contributed by atoms with Crippen LogP contribution in [0.4, 0.5) is 0 Å². The quantitative estimate of drug-likeness (QED) is 0.749. The van der Waals surface area contributed by atoms with E-state index in [1.54, 1.807) is 24.6 Å². The molecule has 0 spiro atoms. The lowest BCUT2D eigenvalue weighted by atomic mass is 10.4. The van der Waals surface area contributed by atoms with Crippen LogP contribution in [0.5, 0.6) is 0 Å². The summed E-state index contributed by atoms with van der Waals surface area (Å²) in [6.07, 6.45) is 3.72. The van der Waals surface area contributed by atoms with Crippen LogP contribution in [0.1, 0.15) is 20.5 Å². The zero-order chi connectivity index (χ0) is 14.7. The molecule has 3 aromatic heterocycles. The van der Waals surface area contributed by atoms with E-state index in [4.69, 9.17) is 4.42 Å². The molecule has 1 amide bonds. The third-order valence-electron chi connectivity index (χ3n) is 2.77. The first-order valence-corrected chi connectivity index (χ1v) is 7.20. The van der Waals surface area contributed by atoms with Gasteiger partial charge in [0.05, 0.1) is 17.5 Å². The van der Waals surface area contributed by atoms with E-state index < -0.39 is 0 Å². The summed E-state index contributed by atoms with van der Waals surface area (Å²) in [5, 5.41) is 10.6. The minimum absolute atomic E-state index is 0.119. The molecule has 3 rings (SSSR count). The van der Waals surface area contributed by atoms with Gasteiger partial charge in [-0.15, -0.1) is 11.3 Å². The van der Waals surface area contributed by atoms with Crippen molar-refractivity contribution in [1.82, 2.24) is 25.5 Å². The molecule has 108 valence electrons. The molecule has 21 heavy (non-hydrogen) atoms. The first-order chi connectivity index (χ1) is 10.2. The molecule has 0 aromatic carbocycles. The number of furan rings is 1. The number of hydrogen-bond donors (Lipinski definition) is 2. The number of hydrogen-bond acceptors (Lipinski definition) is 6. The van der Waals surface area contributed by atoms with Crippen molar-refractivity contribution in [3.05, 3.63) is 40.3 Å². The van der Waals surface area contributed by atoms with Crippen molar-refractivity contribution in [2.45, 2.75) is 13.3 Å². The number of aryl methyl sites for hydroxylation is 1. The van der Waals surface area contributed by atoms with Gasteiger partial charge in [0, 0.05) is 13.0 Å². The SMILES string of the molecule is Cc1ncc(C(=O)NCCc2nc(-c3ccco3)n[nH]2)s1. The minimum Gasteiger partial charge on any atom is -0.461 e. The lowest BCUT2D eigenvalue weighted by molar-refractivity contribution is 0.0958. The van der Waals surface area contributed by atoms with Gasteiger partial charge in [-0.3, -0.25) is 9.89 Å². The Labute approximate surface area is 124 Å². The number of carbonyl (C=O) groups excluding carboxylic acids is 1. The summed E-state index contributed by atoms with van der Waals surface area (Å²) in [6.45, 7) is 2.34. The Morgan fingerprint density at radius 1 is 1.52 bits per heavy atom. The van der Waals surface area contributed by atoms with Gasteiger partial charge in [-0.1, -0.05) is 0 Å². The number of thiazole rings is 1. The van der Waals surface area contributed by atoms with Gasteiger partial charge < -0.3 is 9.73 Å². The van der Waals surface area contributed by atoms with Crippen molar-refractivity contribution in [2.75, 3.05) is 6.54 Å². The van der Waals surface area contributed by atoms with E-state index in [1.807, 2.05) is 6.92 Å². The summed E-state index contributed by atoms with van der Waals surface area (Å²) in [5.74, 6) is 1.70. The highest BCUT2D eigenvalue weighted by molar-refractivity contribution is 7.13. The Hall–Kier alpha value is -2.48. The van der Waals surface area contributed by atoms with Crippen molar-refractivity contribution in [3.8, 4) is 11.6 Å². The Kier molecular flexibility index (Phi) is 3.78. The predicted molar refractivity (Wildman–Crippen MR) is 77.0 cm³/mol. The average molecular weight is 303 g/mol. The topological polar surface area (TPSA) is 96.7 Å². The first-order valence-electron chi connectivity index (χ1n) is 6.38. The van der Waals surface area contributed by atoms with Crippen molar-refractivity contribution < 1.29 is 9.21 Å². The summed E-state index contributed by atoms with van der Waals surface area (Å²) in [4.78, 5) is 20.8. The maximum absolute atomic E-state index is 11.8. The lowest BCUT2D eigenvalue weighted by Crippen LogP contribution is -2.25. The predicted octanol–water partition coefficient (Wildman–Crippen LogP) is 1.80. The highest BCUT2D eigenvalue weighted by Gasteiger charge is 2.10. The number of amides is 1. The number of carbonyl (C=O) groups is 1. The maximum Gasteiger partial charge on any atom is 0.263 e. The largest absolute Gasteiger partial charge is 0.461 e. The summed E-state index contributed by atoms with van der Waals surface area (Å²) >= 11 is 1.37. The Morgan fingerprint density at radius 3 is 3.14 bits per heavy atom. The number of nitrogens with one attached hydrogen (secondary N) is 2. The molecule has 0 aliphatic rings. The fraction of sp³-hybridized carbons (Fsp3) is 0.231. The smallest absolute Gasteiger partial charge is 0.263 e. The van der Waals surface area contributed by atoms with Crippen molar-refractivity contribution in [3.63, 3.8) is 0 Å². The van der Waals surface area contributed by atoms with Crippen molar-refractivity contribution >= 4 is 17.2 Å². The molecular weight excluding hydrogens is 290 g/mol. The summed E-state index contributed by atoms with van der Waals surface area (Å²) in [7, 11) is 0. The van der Waals surface area contributed by atoms with Gasteiger partial charge in [-0.2, -0.15) is 5.10 Å². The Balaban J connectivity index is 1.53. The molecule has 2 N–H and O–H groups in total. The molecule has 0 fully saturated rings. The Morgan fingerprint density at radius 2 is 2.43 bits per heavy atom. The molecule has 0 bridgehead atoms. The number of aromatic amines is 1. The molecule has 0 radical (unpaired) electrons. The second-order valence-electron chi connectivity index (χ2n) is 4.33. The molecule has 0 aliphatic carbocycles. The van der Waals surface area contributed by atoms with Gasteiger partial charge in [-0.05, 0) is 19.1 Å². The second kappa shape index (κ2) is 5.88. The number of nitrogens with zero attached hydrogens (tertiary/aromatic N) is 3. The average Bonchev–Trinajstić information content (AvgIpc) is 3.19. The van der Waals surface area contributed by atoms with Crippen LogP contribution in [0.15, 0.2) is 29.0 Å². The molecule has 0 atom stereocenters. The zero-order valence-electron chi connectivity index (χ0n) is 11.3. The van der Waals surface area contributed by atoms with Crippen LogP contribution in [0.25, 0.3) is 11.6 Å². The summed E-state index contributed by atoms with van der Waals surface area (Å²) in [6, 6.07) is 3.57. The van der Waals surface area contributed by atoms with Gasteiger partial charge in [0.15, 0.2) is 5.76 Å². The van der Waals surface area contributed by atoms with Crippen LogP contribution < -0.4 is 5.32 Å². The molecule has 3 aromatic rings. The van der Waals surface area contributed by atoms with E-state index in [1.165, 1.54) is 11.3 Å². The van der Waals surface area contributed by atoms with Gasteiger partial charge >= 0.3 is 0 Å². The van der Waals surface area contributed by atoms with Crippen LogP contribution in [0.3, 0.4) is 0 Å². The minimum atomic E-state index is -0.119. The van der Waals surface area contributed by atoms with E-state index in [0.717, 1.165) is 5.01 Å². The molecule has 3 heterocycles. The van der Waals surface area contributed by atoms with Gasteiger partial charge in [0.1, 0.15) is 10.7 Å². The lowest BCUT2D eigenvalue weighted by Gasteiger charge is -2.00. The number of H-pyrrole nitrogens is 1. The molecule has 7 nitrogen and oxygen atoms in total.